The Morgan fingerprint density at radius 3 is 2.72 bits per heavy atom. The molecule has 0 aliphatic rings. The molecule has 1 aromatic carbocycles. The Morgan fingerprint density at radius 1 is 1.33 bits per heavy atom. The Hall–Kier alpha value is -1.26. The maximum atomic E-state index is 8.85. The Kier molecular flexibility index (Phi) is 4.84. The lowest BCUT2D eigenvalue weighted by atomic mass is 10.2. The van der Waals surface area contributed by atoms with E-state index in [0.29, 0.717) is 5.25 Å². The highest BCUT2D eigenvalue weighted by Gasteiger charge is 2.02. The molecule has 0 spiro atoms. The van der Waals surface area contributed by atoms with Gasteiger partial charge in [-0.05, 0) is 24.1 Å². The van der Waals surface area contributed by atoms with Crippen LogP contribution in [0.1, 0.15) is 18.9 Å². The van der Waals surface area contributed by atoms with Crippen LogP contribution in [0.2, 0.25) is 0 Å². The minimum absolute atomic E-state index is 0.272. The van der Waals surface area contributed by atoms with Crippen LogP contribution in [0.3, 0.4) is 0 Å². The fourth-order valence-electron chi connectivity index (χ4n) is 1.68. The lowest BCUT2D eigenvalue weighted by Gasteiger charge is -2.09. The average Bonchev–Trinajstić information content (AvgIpc) is 2.91. The lowest BCUT2D eigenvalue weighted by Crippen LogP contribution is -2.00. The molecule has 0 bridgehead atoms. The van der Waals surface area contributed by atoms with Gasteiger partial charge in [-0.15, -0.1) is 0 Å². The van der Waals surface area contributed by atoms with Gasteiger partial charge in [-0.25, -0.2) is 4.98 Å². The number of hydrogen-bond donors (Lipinski definition) is 1. The number of imidazole rings is 1. The Bertz CT molecular complexity index is 453. The highest BCUT2D eigenvalue weighted by Crippen LogP contribution is 2.20. The summed E-state index contributed by atoms with van der Waals surface area (Å²) in [4.78, 5) is 4.04. The van der Waals surface area contributed by atoms with Gasteiger partial charge in [-0.2, -0.15) is 11.8 Å². The minimum Gasteiger partial charge on any atom is -0.396 e. The first kappa shape index (κ1) is 13.2. The van der Waals surface area contributed by atoms with E-state index in [1.54, 1.807) is 12.5 Å². The summed E-state index contributed by atoms with van der Waals surface area (Å²) in [5, 5.41) is 9.36. The molecule has 0 aliphatic carbocycles. The van der Waals surface area contributed by atoms with Gasteiger partial charge in [-0.3, -0.25) is 0 Å². The summed E-state index contributed by atoms with van der Waals surface area (Å²) >= 11 is 1.88. The van der Waals surface area contributed by atoms with E-state index in [1.165, 1.54) is 5.56 Å². The van der Waals surface area contributed by atoms with Crippen molar-refractivity contribution in [1.29, 1.82) is 0 Å². The van der Waals surface area contributed by atoms with Gasteiger partial charge in [0.25, 0.3) is 0 Å². The van der Waals surface area contributed by atoms with E-state index in [-0.39, 0.29) is 6.61 Å². The third-order valence-electron chi connectivity index (χ3n) is 2.81. The molecule has 1 atom stereocenters. The summed E-state index contributed by atoms with van der Waals surface area (Å²) in [6.45, 7) is 2.43. The number of benzene rings is 1. The first-order chi connectivity index (χ1) is 8.79. The number of rotatable bonds is 6. The van der Waals surface area contributed by atoms with Crippen molar-refractivity contribution in [2.75, 3.05) is 6.61 Å². The monoisotopic (exact) mass is 262 g/mol. The molecule has 3 nitrogen and oxygen atoms in total. The minimum atomic E-state index is 0.272. The van der Waals surface area contributed by atoms with Gasteiger partial charge < -0.3 is 9.67 Å². The van der Waals surface area contributed by atoms with Gasteiger partial charge in [0.1, 0.15) is 0 Å². The van der Waals surface area contributed by atoms with Crippen LogP contribution < -0.4 is 0 Å². The van der Waals surface area contributed by atoms with E-state index in [9.17, 15) is 0 Å². The quantitative estimate of drug-likeness (QED) is 0.870. The number of hydrogen-bond acceptors (Lipinski definition) is 3. The van der Waals surface area contributed by atoms with Crippen LogP contribution in [0.15, 0.2) is 43.0 Å². The fraction of sp³-hybridized carbons (Fsp3) is 0.357. The Morgan fingerprint density at radius 2 is 2.11 bits per heavy atom. The SMILES string of the molecule is CC(CCO)SCc1ccc(-n2ccnc2)cc1. The summed E-state index contributed by atoms with van der Waals surface area (Å²) < 4.78 is 1.99. The second-order valence-electron chi connectivity index (χ2n) is 4.27. The summed E-state index contributed by atoms with van der Waals surface area (Å²) in [7, 11) is 0. The number of aliphatic hydroxyl groups is 1. The average molecular weight is 262 g/mol. The molecular formula is C14H18N2OS. The van der Waals surface area contributed by atoms with Crippen LogP contribution in [-0.2, 0) is 5.75 Å². The van der Waals surface area contributed by atoms with Gasteiger partial charge >= 0.3 is 0 Å². The van der Waals surface area contributed by atoms with Gasteiger partial charge in [0.15, 0.2) is 0 Å². The van der Waals surface area contributed by atoms with E-state index in [4.69, 9.17) is 5.11 Å². The highest BCUT2D eigenvalue weighted by atomic mass is 32.2. The number of nitrogens with zero attached hydrogens (tertiary/aromatic N) is 2. The van der Waals surface area contributed by atoms with Crippen LogP contribution in [0.4, 0.5) is 0 Å². The van der Waals surface area contributed by atoms with Crippen LogP contribution >= 0.6 is 11.8 Å². The van der Waals surface area contributed by atoms with Crippen molar-refractivity contribution in [3.05, 3.63) is 48.5 Å². The van der Waals surface area contributed by atoms with Gasteiger partial charge in [0.2, 0.25) is 0 Å². The van der Waals surface area contributed by atoms with E-state index < -0.39 is 0 Å². The lowest BCUT2D eigenvalue weighted by molar-refractivity contribution is 0.289. The number of aliphatic hydroxyl groups excluding tert-OH is 1. The zero-order valence-electron chi connectivity index (χ0n) is 10.5. The standard InChI is InChI=1S/C14H18N2OS/c1-12(6-9-17)18-10-13-2-4-14(5-3-13)16-8-7-15-11-16/h2-5,7-8,11-12,17H,6,9-10H2,1H3. The Balaban J connectivity index is 1.92. The molecule has 0 saturated heterocycles. The molecule has 96 valence electrons. The number of aromatic nitrogens is 2. The molecule has 0 amide bonds. The zero-order chi connectivity index (χ0) is 12.8. The van der Waals surface area contributed by atoms with Crippen molar-refractivity contribution >= 4 is 11.8 Å². The third-order valence-corrected chi connectivity index (χ3v) is 4.11. The molecular weight excluding hydrogens is 244 g/mol. The maximum Gasteiger partial charge on any atom is 0.0991 e. The molecule has 1 N–H and O–H groups in total. The van der Waals surface area contributed by atoms with E-state index in [1.807, 2.05) is 22.5 Å². The van der Waals surface area contributed by atoms with E-state index >= 15 is 0 Å². The molecule has 4 heteroatoms. The van der Waals surface area contributed by atoms with Gasteiger partial charge in [-0.1, -0.05) is 19.1 Å². The summed E-state index contributed by atoms with van der Waals surface area (Å²) in [6, 6.07) is 8.50. The molecule has 0 fully saturated rings. The third kappa shape index (κ3) is 3.62. The highest BCUT2D eigenvalue weighted by molar-refractivity contribution is 7.99. The summed E-state index contributed by atoms with van der Waals surface area (Å²) in [6.07, 6.45) is 6.37. The van der Waals surface area contributed by atoms with Crippen LogP contribution in [-0.4, -0.2) is 26.5 Å². The molecule has 2 aromatic rings. The summed E-state index contributed by atoms with van der Waals surface area (Å²) in [5.41, 5.74) is 2.44. The largest absolute Gasteiger partial charge is 0.396 e. The molecule has 0 saturated carbocycles. The van der Waals surface area contributed by atoms with E-state index in [2.05, 4.69) is 36.2 Å². The molecule has 18 heavy (non-hydrogen) atoms. The van der Waals surface area contributed by atoms with Crippen molar-refractivity contribution in [2.45, 2.75) is 24.3 Å². The van der Waals surface area contributed by atoms with Crippen molar-refractivity contribution < 1.29 is 5.11 Å². The molecule has 1 unspecified atom stereocenters. The predicted octanol–water partition coefficient (Wildman–Crippen LogP) is 2.88. The molecule has 0 aliphatic heterocycles. The van der Waals surface area contributed by atoms with E-state index in [0.717, 1.165) is 17.9 Å². The Labute approximate surface area is 112 Å². The second kappa shape index (κ2) is 6.61. The number of thioether (sulfide) groups is 1. The molecule has 2 rings (SSSR count). The van der Waals surface area contributed by atoms with Crippen molar-refractivity contribution in [3.8, 4) is 5.69 Å². The fourth-order valence-corrected chi connectivity index (χ4v) is 2.62. The molecule has 1 aromatic heterocycles. The van der Waals surface area contributed by atoms with Crippen molar-refractivity contribution in [3.63, 3.8) is 0 Å². The van der Waals surface area contributed by atoms with Gasteiger partial charge in [0.05, 0.1) is 6.33 Å². The second-order valence-corrected chi connectivity index (χ2v) is 5.70. The van der Waals surface area contributed by atoms with Crippen molar-refractivity contribution in [1.82, 2.24) is 9.55 Å². The van der Waals surface area contributed by atoms with Gasteiger partial charge in [0, 0.05) is 35.7 Å². The molecule has 1 heterocycles. The summed E-state index contributed by atoms with van der Waals surface area (Å²) in [5.74, 6) is 0.991. The van der Waals surface area contributed by atoms with Crippen molar-refractivity contribution in [2.24, 2.45) is 0 Å². The van der Waals surface area contributed by atoms with Crippen LogP contribution in [0, 0.1) is 0 Å². The predicted molar refractivity (Wildman–Crippen MR) is 76.0 cm³/mol. The zero-order valence-corrected chi connectivity index (χ0v) is 11.3. The van der Waals surface area contributed by atoms with Crippen LogP contribution in [0.25, 0.3) is 5.69 Å². The molecule has 0 radical (unpaired) electrons. The first-order valence-electron chi connectivity index (χ1n) is 6.09. The topological polar surface area (TPSA) is 38.0 Å². The normalized spacial score (nSPS) is 12.6. The maximum absolute atomic E-state index is 8.85. The smallest absolute Gasteiger partial charge is 0.0991 e. The van der Waals surface area contributed by atoms with Crippen LogP contribution in [0.5, 0.6) is 0 Å². The first-order valence-corrected chi connectivity index (χ1v) is 7.14.